The minimum Gasteiger partial charge on any atom is -0.497 e. The largest absolute Gasteiger partial charge is 0.497 e. The molecule has 0 radical (unpaired) electrons. The van der Waals surface area contributed by atoms with Crippen molar-refractivity contribution in [2.45, 2.75) is 12.8 Å². The van der Waals surface area contributed by atoms with Gasteiger partial charge in [0.15, 0.2) is 0 Å². The molecule has 2 aliphatic rings. The van der Waals surface area contributed by atoms with Gasteiger partial charge >= 0.3 is 12.0 Å². The van der Waals surface area contributed by atoms with Gasteiger partial charge in [0.1, 0.15) is 5.75 Å². The lowest BCUT2D eigenvalue weighted by atomic mass is 9.86. The molecular formula is C23H27N3O4. The smallest absolute Gasteiger partial charge is 0.329 e. The lowest BCUT2D eigenvalue weighted by Gasteiger charge is -2.21. The SMILES string of the molecule is [3H]C([3H])([3H])Oc1cccc(N2CCN(c3cccc(CC(C(=O)O)[C@H]4CCNC4)c3)C2=O)c1. The second-order valence-corrected chi connectivity index (χ2v) is 7.76. The van der Waals surface area contributed by atoms with Crippen LogP contribution in [0.4, 0.5) is 16.2 Å². The van der Waals surface area contributed by atoms with Crippen LogP contribution in [0.1, 0.15) is 16.1 Å². The summed E-state index contributed by atoms with van der Waals surface area (Å²) in [5.74, 6) is -1.00. The van der Waals surface area contributed by atoms with Gasteiger partial charge < -0.3 is 15.2 Å². The van der Waals surface area contributed by atoms with Crippen LogP contribution in [0.5, 0.6) is 5.75 Å². The lowest BCUT2D eigenvalue weighted by Crippen LogP contribution is -2.32. The number of amides is 2. The zero-order chi connectivity index (χ0) is 23.6. The van der Waals surface area contributed by atoms with Crippen LogP contribution in [0.2, 0.25) is 0 Å². The number of anilines is 2. The van der Waals surface area contributed by atoms with Crippen LogP contribution >= 0.6 is 0 Å². The van der Waals surface area contributed by atoms with Crippen LogP contribution in [-0.2, 0) is 11.2 Å². The Morgan fingerprint density at radius 2 is 1.97 bits per heavy atom. The number of carbonyl (C=O) groups excluding carboxylic acids is 1. The third-order valence-electron chi connectivity index (χ3n) is 5.92. The lowest BCUT2D eigenvalue weighted by molar-refractivity contribution is -0.143. The average molecular weight is 416 g/mol. The summed E-state index contributed by atoms with van der Waals surface area (Å²) in [6, 6.07) is 13.7. The van der Waals surface area contributed by atoms with Gasteiger partial charge in [-0.05, 0) is 61.7 Å². The normalized spacial score (nSPS) is 21.8. The van der Waals surface area contributed by atoms with E-state index in [2.05, 4.69) is 5.32 Å². The van der Waals surface area contributed by atoms with E-state index in [9.17, 15) is 14.7 Å². The molecule has 0 saturated carbocycles. The summed E-state index contributed by atoms with van der Waals surface area (Å²) in [6.07, 6.45) is 1.26. The molecule has 30 heavy (non-hydrogen) atoms. The molecule has 1 unspecified atom stereocenters. The number of hydrogen-bond donors (Lipinski definition) is 2. The Morgan fingerprint density at radius 3 is 2.63 bits per heavy atom. The average Bonchev–Trinajstić information content (AvgIpc) is 3.41. The Bertz CT molecular complexity index is 1020. The molecule has 2 atom stereocenters. The highest BCUT2D eigenvalue weighted by Crippen LogP contribution is 2.29. The van der Waals surface area contributed by atoms with Crippen LogP contribution in [0.3, 0.4) is 0 Å². The van der Waals surface area contributed by atoms with Gasteiger partial charge in [-0.2, -0.15) is 0 Å². The molecule has 158 valence electrons. The number of methoxy groups -OCH3 is 1. The molecule has 2 heterocycles. The molecule has 2 aliphatic heterocycles. The van der Waals surface area contributed by atoms with Crippen LogP contribution in [0.15, 0.2) is 48.5 Å². The first kappa shape index (κ1) is 16.7. The van der Waals surface area contributed by atoms with Crippen molar-refractivity contribution >= 4 is 23.4 Å². The highest BCUT2D eigenvalue weighted by molar-refractivity contribution is 6.06. The van der Waals surface area contributed by atoms with E-state index < -0.39 is 18.9 Å². The van der Waals surface area contributed by atoms with Crippen LogP contribution in [0, 0.1) is 11.8 Å². The number of carboxylic acids is 1. The minimum atomic E-state index is -2.57. The Morgan fingerprint density at radius 1 is 1.23 bits per heavy atom. The van der Waals surface area contributed by atoms with Crippen LogP contribution in [-0.4, -0.2) is 50.3 Å². The number of nitrogens with one attached hydrogen (secondary N) is 1. The Labute approximate surface area is 180 Å². The summed E-state index contributed by atoms with van der Waals surface area (Å²) in [5.41, 5.74) is 2.15. The number of carboxylic acid groups (broad SMARTS) is 1. The zero-order valence-electron chi connectivity index (χ0n) is 19.6. The maximum atomic E-state index is 13.2. The summed E-state index contributed by atoms with van der Waals surface area (Å²) in [4.78, 5) is 28.2. The van der Waals surface area contributed by atoms with Crippen molar-refractivity contribution in [3.05, 3.63) is 54.1 Å². The summed E-state index contributed by atoms with van der Waals surface area (Å²) in [6.45, 7) is 2.44. The molecular weight excluding hydrogens is 382 g/mol. The van der Waals surface area contributed by atoms with Crippen molar-refractivity contribution in [1.29, 1.82) is 0 Å². The van der Waals surface area contributed by atoms with E-state index in [-0.39, 0.29) is 17.7 Å². The zero-order valence-corrected chi connectivity index (χ0v) is 16.6. The number of carbonyl (C=O) groups is 2. The highest BCUT2D eigenvalue weighted by atomic mass is 16.5. The van der Waals surface area contributed by atoms with Crippen molar-refractivity contribution in [1.82, 2.24) is 5.32 Å². The summed E-state index contributed by atoms with van der Waals surface area (Å²) < 4.78 is 26.8. The molecule has 0 aromatic heterocycles. The minimum absolute atomic E-state index is 0.0967. The molecule has 2 aromatic carbocycles. The first-order valence-electron chi connectivity index (χ1n) is 11.6. The molecule has 2 fully saturated rings. The van der Waals surface area contributed by atoms with E-state index in [1.165, 1.54) is 12.1 Å². The molecule has 7 heteroatoms. The summed E-state index contributed by atoms with van der Waals surface area (Å²) in [5, 5.41) is 13.0. The topological polar surface area (TPSA) is 82.1 Å². The molecule has 0 spiro atoms. The fourth-order valence-corrected chi connectivity index (χ4v) is 4.31. The number of nitrogens with zero attached hydrogens (tertiary/aromatic N) is 2. The molecule has 0 bridgehead atoms. The van der Waals surface area contributed by atoms with E-state index >= 15 is 0 Å². The third-order valence-corrected chi connectivity index (χ3v) is 5.92. The van der Waals surface area contributed by atoms with E-state index in [0.717, 1.165) is 18.5 Å². The second kappa shape index (κ2) is 8.75. The summed E-state index contributed by atoms with van der Waals surface area (Å²) in [7, 11) is -2.57. The van der Waals surface area contributed by atoms with E-state index in [0.29, 0.717) is 37.4 Å². The quantitative estimate of drug-likeness (QED) is 0.727. The first-order chi connectivity index (χ1) is 15.7. The van der Waals surface area contributed by atoms with Gasteiger partial charge in [-0.25, -0.2) is 4.79 Å². The third kappa shape index (κ3) is 4.11. The number of hydrogen-bond acceptors (Lipinski definition) is 4. The van der Waals surface area contributed by atoms with Gasteiger partial charge in [-0.15, -0.1) is 0 Å². The molecule has 7 nitrogen and oxygen atoms in total. The van der Waals surface area contributed by atoms with Gasteiger partial charge in [0.25, 0.3) is 0 Å². The fourth-order valence-electron chi connectivity index (χ4n) is 4.31. The van der Waals surface area contributed by atoms with E-state index in [4.69, 9.17) is 8.85 Å². The Balaban J connectivity index is 1.49. The maximum absolute atomic E-state index is 13.2. The number of benzene rings is 2. The van der Waals surface area contributed by atoms with Gasteiger partial charge in [-0.3, -0.25) is 14.6 Å². The van der Waals surface area contributed by atoms with Crippen molar-refractivity contribution in [3.63, 3.8) is 0 Å². The highest BCUT2D eigenvalue weighted by Gasteiger charge is 2.32. The molecule has 4 rings (SSSR count). The van der Waals surface area contributed by atoms with Crippen molar-refractivity contribution in [2.75, 3.05) is 43.0 Å². The van der Waals surface area contributed by atoms with Gasteiger partial charge in [0.2, 0.25) is 0 Å². The fraction of sp³-hybridized carbons (Fsp3) is 0.391. The van der Waals surface area contributed by atoms with Gasteiger partial charge in [0.05, 0.1) is 17.1 Å². The van der Waals surface area contributed by atoms with Crippen molar-refractivity contribution in [3.8, 4) is 5.75 Å². The number of aliphatic carboxylic acids is 1. The van der Waals surface area contributed by atoms with Gasteiger partial charge in [-0.1, -0.05) is 18.2 Å². The second-order valence-electron chi connectivity index (χ2n) is 7.76. The van der Waals surface area contributed by atoms with Crippen LogP contribution in [0.25, 0.3) is 0 Å². The molecule has 2 N–H and O–H groups in total. The molecule has 0 aliphatic carbocycles. The van der Waals surface area contributed by atoms with Crippen molar-refractivity contribution in [2.24, 2.45) is 11.8 Å². The number of ether oxygens (including phenoxy) is 1. The van der Waals surface area contributed by atoms with Crippen molar-refractivity contribution < 1.29 is 23.5 Å². The standard InChI is InChI=1S/C23H27N3O4/c1-30-20-7-3-6-19(14-20)26-11-10-25(23(26)29)18-5-2-4-16(12-18)13-21(22(27)28)17-8-9-24-15-17/h2-7,12,14,17,21,24H,8-11,13,15H2,1H3,(H,27,28)/t17-,21?/m0/s1/i1T3. The number of urea groups is 1. The Hall–Kier alpha value is -3.06. The van der Waals surface area contributed by atoms with E-state index in [1.807, 2.05) is 24.3 Å². The Kier molecular flexibility index (Phi) is 4.87. The summed E-state index contributed by atoms with van der Waals surface area (Å²) >= 11 is 0. The molecule has 2 amide bonds. The molecule has 2 aromatic rings. The van der Waals surface area contributed by atoms with E-state index in [1.54, 1.807) is 21.9 Å². The van der Waals surface area contributed by atoms with Gasteiger partial charge in [0, 0.05) is 30.5 Å². The maximum Gasteiger partial charge on any atom is 0.329 e. The predicted octanol–water partition coefficient (Wildman–Crippen LogP) is 2.99. The predicted molar refractivity (Wildman–Crippen MR) is 115 cm³/mol. The molecule has 2 saturated heterocycles. The monoisotopic (exact) mass is 415 g/mol. The number of rotatable bonds is 7. The first-order valence-corrected chi connectivity index (χ1v) is 10.1. The van der Waals surface area contributed by atoms with Crippen LogP contribution < -0.4 is 19.9 Å².